The third kappa shape index (κ3) is 4.81. The summed E-state index contributed by atoms with van der Waals surface area (Å²) in [5, 5.41) is 0. The van der Waals surface area contributed by atoms with Crippen molar-refractivity contribution < 1.29 is 28.7 Å². The van der Waals surface area contributed by atoms with Crippen LogP contribution in [-0.2, 0) is 4.89 Å². The van der Waals surface area contributed by atoms with Gasteiger partial charge in [0.05, 0.1) is 38.6 Å². The molecule has 0 N–H and O–H groups in total. The fourth-order valence-corrected chi connectivity index (χ4v) is 2.81. The fourth-order valence-electron chi connectivity index (χ4n) is 2.81. The van der Waals surface area contributed by atoms with Crippen LogP contribution in [0.2, 0.25) is 0 Å². The second kappa shape index (κ2) is 11.3. The Labute approximate surface area is 167 Å². The van der Waals surface area contributed by atoms with E-state index in [1.54, 1.807) is 0 Å². The molecule has 0 aliphatic rings. The van der Waals surface area contributed by atoms with Crippen LogP contribution in [0.1, 0.15) is 34.6 Å². The number of hydrogen-bond donors (Lipinski definition) is 0. The SMILES string of the molecule is CCOOc1c(OCC)c(OCC)c(OCC)c(OCC)c1-c1ccccc1. The van der Waals surface area contributed by atoms with E-state index in [9.17, 15) is 0 Å². The van der Waals surface area contributed by atoms with E-state index in [1.807, 2.05) is 65.0 Å². The van der Waals surface area contributed by atoms with E-state index in [0.717, 1.165) is 5.56 Å². The molecule has 0 heterocycles. The Morgan fingerprint density at radius 1 is 0.536 bits per heavy atom. The molecule has 2 aromatic rings. The maximum Gasteiger partial charge on any atom is 0.222 e. The van der Waals surface area contributed by atoms with Gasteiger partial charge >= 0.3 is 0 Å². The molecule has 0 unspecified atom stereocenters. The Morgan fingerprint density at radius 2 is 1.00 bits per heavy atom. The van der Waals surface area contributed by atoms with E-state index in [1.165, 1.54) is 0 Å². The lowest BCUT2D eigenvalue weighted by molar-refractivity contribution is -0.202. The van der Waals surface area contributed by atoms with Crippen LogP contribution in [-0.4, -0.2) is 33.0 Å². The summed E-state index contributed by atoms with van der Waals surface area (Å²) in [6.45, 7) is 11.6. The highest BCUT2D eigenvalue weighted by molar-refractivity contribution is 5.86. The van der Waals surface area contributed by atoms with Gasteiger partial charge in [-0.2, -0.15) is 4.89 Å². The van der Waals surface area contributed by atoms with Crippen LogP contribution in [0.25, 0.3) is 11.1 Å². The van der Waals surface area contributed by atoms with Gasteiger partial charge in [0, 0.05) is 0 Å². The molecule has 154 valence electrons. The first kappa shape index (κ1) is 21.7. The maximum atomic E-state index is 6.02. The Morgan fingerprint density at radius 3 is 1.50 bits per heavy atom. The molecule has 0 amide bonds. The zero-order valence-electron chi connectivity index (χ0n) is 17.4. The van der Waals surface area contributed by atoms with E-state index in [4.69, 9.17) is 28.7 Å². The van der Waals surface area contributed by atoms with Gasteiger partial charge in [-0.15, -0.1) is 0 Å². The minimum absolute atomic E-state index is 0.376. The quantitative estimate of drug-likeness (QED) is 0.363. The predicted octanol–water partition coefficient (Wildman–Crippen LogP) is 5.28. The molecule has 28 heavy (non-hydrogen) atoms. The molecule has 0 aromatic heterocycles. The topological polar surface area (TPSA) is 55.4 Å². The van der Waals surface area contributed by atoms with Crippen molar-refractivity contribution >= 4 is 0 Å². The lowest BCUT2D eigenvalue weighted by atomic mass is 10.0. The van der Waals surface area contributed by atoms with Crippen molar-refractivity contribution in [2.45, 2.75) is 34.6 Å². The lowest BCUT2D eigenvalue weighted by Gasteiger charge is -2.24. The molecule has 0 atom stereocenters. The van der Waals surface area contributed by atoms with Crippen molar-refractivity contribution in [2.75, 3.05) is 33.0 Å². The largest absolute Gasteiger partial charge is 0.489 e. The number of benzene rings is 2. The Balaban J connectivity index is 2.90. The standard InChI is InChI=1S/C22H30O6/c1-6-23-18-17(16-14-12-11-13-15-16)19(28-27-10-5)21(25-8-3)22(26-9-4)20(18)24-7-2/h11-15H,6-10H2,1-5H3. The summed E-state index contributed by atoms with van der Waals surface area (Å²) in [4.78, 5) is 11.0. The molecule has 0 radical (unpaired) electrons. The lowest BCUT2D eigenvalue weighted by Crippen LogP contribution is -2.09. The van der Waals surface area contributed by atoms with Crippen molar-refractivity contribution in [3.63, 3.8) is 0 Å². The van der Waals surface area contributed by atoms with Gasteiger partial charge in [0.1, 0.15) is 0 Å². The highest BCUT2D eigenvalue weighted by atomic mass is 17.2. The minimum Gasteiger partial charge on any atom is -0.489 e. The van der Waals surface area contributed by atoms with Crippen LogP contribution in [0.5, 0.6) is 28.7 Å². The summed E-state index contributed by atoms with van der Waals surface area (Å²) < 4.78 is 23.8. The molecule has 2 rings (SSSR count). The number of rotatable bonds is 12. The normalized spacial score (nSPS) is 10.5. The van der Waals surface area contributed by atoms with E-state index in [0.29, 0.717) is 67.3 Å². The van der Waals surface area contributed by atoms with Gasteiger partial charge in [0.15, 0.2) is 5.75 Å². The summed E-state index contributed by atoms with van der Waals surface area (Å²) >= 11 is 0. The first-order chi connectivity index (χ1) is 13.7. The van der Waals surface area contributed by atoms with Crippen molar-refractivity contribution in [2.24, 2.45) is 0 Å². The van der Waals surface area contributed by atoms with Gasteiger partial charge in [0.25, 0.3) is 0 Å². The van der Waals surface area contributed by atoms with Crippen LogP contribution >= 0.6 is 0 Å². The molecular weight excluding hydrogens is 360 g/mol. The van der Waals surface area contributed by atoms with Crippen molar-refractivity contribution in [1.82, 2.24) is 0 Å². The average molecular weight is 390 g/mol. The first-order valence-corrected chi connectivity index (χ1v) is 9.83. The molecule has 0 saturated heterocycles. The Hall–Kier alpha value is -2.60. The second-order valence-corrected chi connectivity index (χ2v) is 5.61. The molecule has 6 nitrogen and oxygen atoms in total. The highest BCUT2D eigenvalue weighted by Gasteiger charge is 2.31. The molecule has 2 aromatic carbocycles. The summed E-state index contributed by atoms with van der Waals surface area (Å²) in [7, 11) is 0. The molecule has 0 aliphatic carbocycles. The smallest absolute Gasteiger partial charge is 0.222 e. The fraction of sp³-hybridized carbons (Fsp3) is 0.455. The maximum absolute atomic E-state index is 6.02. The van der Waals surface area contributed by atoms with Gasteiger partial charge in [-0.3, -0.25) is 0 Å². The van der Waals surface area contributed by atoms with E-state index < -0.39 is 0 Å². The van der Waals surface area contributed by atoms with E-state index in [-0.39, 0.29) is 0 Å². The van der Waals surface area contributed by atoms with Gasteiger partial charge < -0.3 is 23.8 Å². The average Bonchev–Trinajstić information content (AvgIpc) is 2.71. The monoisotopic (exact) mass is 390 g/mol. The number of hydrogen-bond acceptors (Lipinski definition) is 6. The predicted molar refractivity (Wildman–Crippen MR) is 109 cm³/mol. The highest BCUT2D eigenvalue weighted by Crippen LogP contribution is 2.57. The minimum atomic E-state index is 0.376. The van der Waals surface area contributed by atoms with Crippen LogP contribution in [0.4, 0.5) is 0 Å². The summed E-state index contributed by atoms with van der Waals surface area (Å²) in [6.07, 6.45) is 0. The summed E-state index contributed by atoms with van der Waals surface area (Å²) in [5.74, 6) is 2.33. The molecule has 6 heteroatoms. The molecule has 0 saturated carbocycles. The Bertz CT molecular complexity index is 730. The van der Waals surface area contributed by atoms with Crippen LogP contribution in [0, 0.1) is 0 Å². The Kier molecular flexibility index (Phi) is 8.75. The molecule has 0 spiro atoms. The van der Waals surface area contributed by atoms with Crippen LogP contribution in [0.15, 0.2) is 30.3 Å². The van der Waals surface area contributed by atoms with E-state index >= 15 is 0 Å². The van der Waals surface area contributed by atoms with Crippen molar-refractivity contribution in [1.29, 1.82) is 0 Å². The van der Waals surface area contributed by atoms with Gasteiger partial charge in [-0.05, 0) is 40.2 Å². The zero-order chi connectivity index (χ0) is 20.4. The van der Waals surface area contributed by atoms with Crippen molar-refractivity contribution in [3.8, 4) is 39.9 Å². The molecule has 0 aliphatic heterocycles. The molecule has 0 fully saturated rings. The molecule has 0 bridgehead atoms. The van der Waals surface area contributed by atoms with Gasteiger partial charge in [-0.1, -0.05) is 30.3 Å². The van der Waals surface area contributed by atoms with Crippen molar-refractivity contribution in [3.05, 3.63) is 30.3 Å². The van der Waals surface area contributed by atoms with Crippen LogP contribution in [0.3, 0.4) is 0 Å². The first-order valence-electron chi connectivity index (χ1n) is 9.83. The van der Waals surface area contributed by atoms with E-state index in [2.05, 4.69) is 0 Å². The summed E-state index contributed by atoms with van der Waals surface area (Å²) in [6, 6.07) is 9.80. The van der Waals surface area contributed by atoms with Gasteiger partial charge in [0.2, 0.25) is 23.0 Å². The molecular formula is C22H30O6. The summed E-state index contributed by atoms with van der Waals surface area (Å²) in [5.41, 5.74) is 1.59. The zero-order valence-corrected chi connectivity index (χ0v) is 17.4. The van der Waals surface area contributed by atoms with Crippen LogP contribution < -0.4 is 23.8 Å². The third-order valence-corrected chi connectivity index (χ3v) is 3.76. The van der Waals surface area contributed by atoms with Gasteiger partial charge in [-0.25, -0.2) is 0 Å². The second-order valence-electron chi connectivity index (χ2n) is 5.61. The third-order valence-electron chi connectivity index (χ3n) is 3.76. The number of ether oxygens (including phenoxy) is 4.